The Morgan fingerprint density at radius 3 is 2.39 bits per heavy atom. The summed E-state index contributed by atoms with van der Waals surface area (Å²) in [5.74, 6) is -0.639. The predicted molar refractivity (Wildman–Crippen MR) is 107 cm³/mol. The summed E-state index contributed by atoms with van der Waals surface area (Å²) >= 11 is 5.95. The highest BCUT2D eigenvalue weighted by molar-refractivity contribution is 6.31. The Morgan fingerprint density at radius 1 is 1.04 bits per heavy atom. The van der Waals surface area contributed by atoms with E-state index in [-0.39, 0.29) is 24.3 Å². The van der Waals surface area contributed by atoms with E-state index in [4.69, 9.17) is 16.9 Å². The monoisotopic (exact) mass is 393 g/mol. The highest BCUT2D eigenvalue weighted by Crippen LogP contribution is 2.23. The number of hydrogen-bond donors (Lipinski definition) is 2. The number of nitrogens with zero attached hydrogens (tertiary/aromatic N) is 1. The minimum absolute atomic E-state index is 0.00564. The van der Waals surface area contributed by atoms with Crippen molar-refractivity contribution in [3.05, 3.63) is 100 Å². The summed E-state index contributed by atoms with van der Waals surface area (Å²) in [6, 6.07) is 22.1. The van der Waals surface area contributed by atoms with E-state index in [1.54, 1.807) is 24.3 Å². The minimum Gasteiger partial charge on any atom is -0.324 e. The molecule has 1 amide bonds. The lowest BCUT2D eigenvalue weighted by molar-refractivity contribution is -0.115. The van der Waals surface area contributed by atoms with Crippen LogP contribution >= 0.6 is 11.6 Å². The Bertz CT molecular complexity index is 1000. The van der Waals surface area contributed by atoms with Crippen molar-refractivity contribution in [1.29, 1.82) is 5.26 Å². The first kappa shape index (κ1) is 19.6. The Morgan fingerprint density at radius 2 is 1.71 bits per heavy atom. The molecule has 1 atom stereocenters. The summed E-state index contributed by atoms with van der Waals surface area (Å²) in [4.78, 5) is 12.4. The first-order valence-corrected chi connectivity index (χ1v) is 8.98. The molecular weight excluding hydrogens is 377 g/mol. The second-order valence-electron chi connectivity index (χ2n) is 6.13. The van der Waals surface area contributed by atoms with E-state index in [2.05, 4.69) is 10.6 Å². The molecular formula is C22H17ClFN3O. The molecule has 0 radical (unpaired) electrons. The number of anilines is 1. The van der Waals surface area contributed by atoms with Crippen LogP contribution in [0.15, 0.2) is 72.8 Å². The largest absolute Gasteiger partial charge is 0.324 e. The smallest absolute Gasteiger partial charge is 0.238 e. The zero-order chi connectivity index (χ0) is 19.9. The van der Waals surface area contributed by atoms with Crippen LogP contribution in [0.3, 0.4) is 0 Å². The fourth-order valence-corrected chi connectivity index (χ4v) is 3.01. The summed E-state index contributed by atoms with van der Waals surface area (Å²) in [5.41, 5.74) is 2.47. The van der Waals surface area contributed by atoms with Crippen LogP contribution in [0.25, 0.3) is 0 Å². The summed E-state index contributed by atoms with van der Waals surface area (Å²) in [5, 5.41) is 15.5. The maximum atomic E-state index is 13.3. The topological polar surface area (TPSA) is 64.9 Å². The number of amides is 1. The first-order valence-electron chi connectivity index (χ1n) is 8.60. The molecule has 0 spiro atoms. The van der Waals surface area contributed by atoms with Gasteiger partial charge in [0.15, 0.2) is 0 Å². The van der Waals surface area contributed by atoms with Crippen LogP contribution in [-0.4, -0.2) is 12.5 Å². The molecule has 4 nitrogen and oxygen atoms in total. The number of carbonyl (C=O) groups excluding carboxylic acids is 1. The van der Waals surface area contributed by atoms with Gasteiger partial charge in [-0.1, -0.05) is 54.1 Å². The van der Waals surface area contributed by atoms with E-state index < -0.39 is 0 Å². The summed E-state index contributed by atoms with van der Waals surface area (Å²) in [6.45, 7) is -0.00564. The second kappa shape index (κ2) is 9.14. The SMILES string of the molecule is N#Cc1ccc(Cl)cc1NC(=O)CNC(c1ccccc1)c1ccc(F)cc1. The van der Waals surface area contributed by atoms with E-state index in [1.165, 1.54) is 18.2 Å². The number of hydrogen-bond acceptors (Lipinski definition) is 3. The lowest BCUT2D eigenvalue weighted by Gasteiger charge is -2.20. The van der Waals surface area contributed by atoms with Gasteiger partial charge >= 0.3 is 0 Å². The molecule has 0 bridgehead atoms. The Kier molecular flexibility index (Phi) is 6.38. The molecule has 3 aromatic carbocycles. The Labute approximate surface area is 167 Å². The molecule has 3 aromatic rings. The molecule has 0 aliphatic heterocycles. The predicted octanol–water partition coefficient (Wildman–Crippen LogP) is 4.67. The van der Waals surface area contributed by atoms with Crippen molar-refractivity contribution in [1.82, 2.24) is 5.32 Å². The number of halogens is 2. The van der Waals surface area contributed by atoms with Gasteiger partial charge in [0.05, 0.1) is 23.8 Å². The second-order valence-corrected chi connectivity index (χ2v) is 6.56. The average Bonchev–Trinajstić information content (AvgIpc) is 2.70. The van der Waals surface area contributed by atoms with Crippen molar-refractivity contribution in [2.45, 2.75) is 6.04 Å². The number of rotatable bonds is 6. The van der Waals surface area contributed by atoms with Crippen molar-refractivity contribution in [2.75, 3.05) is 11.9 Å². The van der Waals surface area contributed by atoms with Crippen LogP contribution in [0.1, 0.15) is 22.7 Å². The highest BCUT2D eigenvalue weighted by Gasteiger charge is 2.16. The lowest BCUT2D eigenvalue weighted by atomic mass is 9.98. The molecule has 6 heteroatoms. The molecule has 1 unspecified atom stereocenters. The van der Waals surface area contributed by atoms with Gasteiger partial charge in [0.25, 0.3) is 0 Å². The average molecular weight is 394 g/mol. The molecule has 2 N–H and O–H groups in total. The molecule has 0 heterocycles. The molecule has 0 aliphatic carbocycles. The van der Waals surface area contributed by atoms with E-state index in [0.29, 0.717) is 16.3 Å². The number of benzene rings is 3. The van der Waals surface area contributed by atoms with Gasteiger partial charge in [-0.05, 0) is 41.5 Å². The molecule has 0 fully saturated rings. The van der Waals surface area contributed by atoms with Crippen LogP contribution in [0.2, 0.25) is 5.02 Å². The van der Waals surface area contributed by atoms with Gasteiger partial charge in [0.2, 0.25) is 5.91 Å². The summed E-state index contributed by atoms with van der Waals surface area (Å²) < 4.78 is 13.3. The quantitative estimate of drug-likeness (QED) is 0.639. The molecule has 0 saturated heterocycles. The van der Waals surface area contributed by atoms with Gasteiger partial charge in [0, 0.05) is 5.02 Å². The van der Waals surface area contributed by atoms with Crippen LogP contribution in [0.5, 0.6) is 0 Å². The van der Waals surface area contributed by atoms with Gasteiger partial charge in [-0.15, -0.1) is 0 Å². The van der Waals surface area contributed by atoms with Crippen LogP contribution in [0, 0.1) is 17.1 Å². The van der Waals surface area contributed by atoms with Gasteiger partial charge in [-0.2, -0.15) is 5.26 Å². The Hall–Kier alpha value is -3.20. The van der Waals surface area contributed by atoms with Crippen molar-refractivity contribution < 1.29 is 9.18 Å². The Balaban J connectivity index is 1.75. The van der Waals surface area contributed by atoms with E-state index in [1.807, 2.05) is 36.4 Å². The third kappa shape index (κ3) is 4.95. The zero-order valence-corrected chi connectivity index (χ0v) is 15.6. The van der Waals surface area contributed by atoms with Crippen LogP contribution < -0.4 is 10.6 Å². The first-order chi connectivity index (χ1) is 13.6. The summed E-state index contributed by atoms with van der Waals surface area (Å²) in [6.07, 6.45) is 0. The maximum absolute atomic E-state index is 13.3. The van der Waals surface area contributed by atoms with Crippen molar-refractivity contribution in [3.63, 3.8) is 0 Å². The van der Waals surface area contributed by atoms with Crippen molar-refractivity contribution in [3.8, 4) is 6.07 Å². The molecule has 28 heavy (non-hydrogen) atoms. The molecule has 140 valence electrons. The zero-order valence-electron chi connectivity index (χ0n) is 14.8. The fourth-order valence-electron chi connectivity index (χ4n) is 2.84. The van der Waals surface area contributed by atoms with E-state index in [9.17, 15) is 9.18 Å². The minimum atomic E-state index is -0.321. The molecule has 0 aliphatic rings. The number of nitriles is 1. The van der Waals surface area contributed by atoms with Gasteiger partial charge < -0.3 is 5.32 Å². The van der Waals surface area contributed by atoms with E-state index >= 15 is 0 Å². The van der Waals surface area contributed by atoms with Gasteiger partial charge in [-0.25, -0.2) is 4.39 Å². The van der Waals surface area contributed by atoms with Gasteiger partial charge in [-0.3, -0.25) is 10.1 Å². The van der Waals surface area contributed by atoms with Gasteiger partial charge in [0.1, 0.15) is 11.9 Å². The van der Waals surface area contributed by atoms with Crippen LogP contribution in [-0.2, 0) is 4.79 Å². The number of carbonyl (C=O) groups is 1. The third-order valence-electron chi connectivity index (χ3n) is 4.18. The highest BCUT2D eigenvalue weighted by atomic mass is 35.5. The summed E-state index contributed by atoms with van der Waals surface area (Å²) in [7, 11) is 0. The van der Waals surface area contributed by atoms with Crippen LogP contribution in [0.4, 0.5) is 10.1 Å². The molecule has 0 aromatic heterocycles. The van der Waals surface area contributed by atoms with E-state index in [0.717, 1.165) is 11.1 Å². The van der Waals surface area contributed by atoms with Crippen molar-refractivity contribution in [2.24, 2.45) is 0 Å². The third-order valence-corrected chi connectivity index (χ3v) is 4.41. The maximum Gasteiger partial charge on any atom is 0.238 e. The molecule has 0 saturated carbocycles. The normalized spacial score (nSPS) is 11.5. The lowest BCUT2D eigenvalue weighted by Crippen LogP contribution is -2.32. The fraction of sp³-hybridized carbons (Fsp3) is 0.0909. The molecule has 3 rings (SSSR count). The number of nitrogens with one attached hydrogen (secondary N) is 2. The standard InChI is InChI=1S/C22H17ClFN3O/c23-18-9-6-17(13-25)20(12-18)27-21(28)14-26-22(15-4-2-1-3-5-15)16-7-10-19(24)11-8-16/h1-12,22,26H,14H2,(H,27,28). The van der Waals surface area contributed by atoms with Crippen molar-refractivity contribution >= 4 is 23.2 Å².